The molecule has 0 saturated heterocycles. The van der Waals surface area contributed by atoms with E-state index >= 15 is 0 Å². The molecule has 0 rings (SSSR count). The second-order valence-electron chi connectivity index (χ2n) is 19.2. The molecule has 0 aliphatic heterocycles. The maximum Gasteiger partial charge on any atom is 0.306 e. The molecule has 2 atom stereocenters. The fraction of sp³-hybridized carbons (Fsp3) is 0.944. The molecule has 0 bridgehead atoms. The third-order valence-corrected chi connectivity index (χ3v) is 12.6. The van der Waals surface area contributed by atoms with E-state index in [0.717, 1.165) is 69.6 Å². The van der Waals surface area contributed by atoms with Gasteiger partial charge in [-0.05, 0) is 31.1 Å². The number of rotatable bonds is 48. The van der Waals surface area contributed by atoms with Crippen LogP contribution in [0.1, 0.15) is 298 Å². The van der Waals surface area contributed by atoms with E-state index in [0.29, 0.717) is 19.3 Å². The summed E-state index contributed by atoms with van der Waals surface area (Å²) in [6.07, 6.45) is 48.0. The molecule has 0 aromatic heterocycles. The molecule has 0 aliphatic carbocycles. The van der Waals surface area contributed by atoms with Gasteiger partial charge in [0, 0.05) is 19.3 Å². The van der Waals surface area contributed by atoms with Crippen molar-refractivity contribution in [3.63, 3.8) is 0 Å². The molecule has 0 saturated carbocycles. The monoisotopic (exact) mass is 849 g/mol. The Balaban J connectivity index is 4.25. The van der Waals surface area contributed by atoms with Crippen LogP contribution in [-0.4, -0.2) is 37.2 Å². The highest BCUT2D eigenvalue weighted by Crippen LogP contribution is 2.18. The molecule has 1 unspecified atom stereocenters. The second-order valence-corrected chi connectivity index (χ2v) is 19.2. The second kappa shape index (κ2) is 46.9. The predicted molar refractivity (Wildman–Crippen MR) is 256 cm³/mol. The number of carbonyl (C=O) groups is 3. The zero-order valence-electron chi connectivity index (χ0n) is 41.1. The van der Waals surface area contributed by atoms with Crippen molar-refractivity contribution in [3.8, 4) is 0 Å². The number of esters is 3. The van der Waals surface area contributed by atoms with Crippen molar-refractivity contribution >= 4 is 17.9 Å². The smallest absolute Gasteiger partial charge is 0.306 e. The van der Waals surface area contributed by atoms with Crippen molar-refractivity contribution in [2.45, 2.75) is 304 Å². The zero-order chi connectivity index (χ0) is 44.0. The van der Waals surface area contributed by atoms with Gasteiger partial charge in [-0.3, -0.25) is 14.4 Å². The van der Waals surface area contributed by atoms with Gasteiger partial charge in [0.15, 0.2) is 6.10 Å². The Hall–Kier alpha value is -1.59. The standard InChI is InChI=1S/C54H104O6/c1-6-8-9-10-11-22-29-34-39-44-52(55)58-47-51(48-59-53(56)45-40-35-30-25-20-17-16-18-23-27-32-37-42-49(3)4)60-54(57)46-41-36-31-26-21-15-13-12-14-19-24-28-33-38-43-50(5)7-2/h49-51H,6-48H2,1-5H3/t50?,51-/m0/s1. The lowest BCUT2D eigenvalue weighted by atomic mass is 9.99. The van der Waals surface area contributed by atoms with Gasteiger partial charge >= 0.3 is 17.9 Å². The summed E-state index contributed by atoms with van der Waals surface area (Å²) in [5.74, 6) is 0.880. The van der Waals surface area contributed by atoms with Gasteiger partial charge in [0.1, 0.15) is 13.2 Å². The van der Waals surface area contributed by atoms with Crippen molar-refractivity contribution in [2.75, 3.05) is 13.2 Å². The zero-order valence-corrected chi connectivity index (χ0v) is 41.1. The molecule has 0 fully saturated rings. The van der Waals surface area contributed by atoms with Gasteiger partial charge in [-0.25, -0.2) is 0 Å². The Labute approximate surface area is 374 Å². The summed E-state index contributed by atoms with van der Waals surface area (Å²) in [4.78, 5) is 37.9. The topological polar surface area (TPSA) is 78.9 Å². The third kappa shape index (κ3) is 45.9. The van der Waals surface area contributed by atoms with Crippen molar-refractivity contribution in [3.05, 3.63) is 0 Å². The molecule has 0 N–H and O–H groups in total. The summed E-state index contributed by atoms with van der Waals surface area (Å²) in [7, 11) is 0. The predicted octanol–water partition coefficient (Wildman–Crippen LogP) is 17.3. The summed E-state index contributed by atoms with van der Waals surface area (Å²) in [5.41, 5.74) is 0. The lowest BCUT2D eigenvalue weighted by Gasteiger charge is -2.18. The summed E-state index contributed by atoms with van der Waals surface area (Å²) in [5, 5.41) is 0. The van der Waals surface area contributed by atoms with Crippen LogP contribution >= 0.6 is 0 Å². The van der Waals surface area contributed by atoms with Crippen LogP contribution in [0.3, 0.4) is 0 Å². The summed E-state index contributed by atoms with van der Waals surface area (Å²) in [6, 6.07) is 0. The van der Waals surface area contributed by atoms with E-state index < -0.39 is 6.10 Å². The van der Waals surface area contributed by atoms with E-state index in [2.05, 4.69) is 34.6 Å². The van der Waals surface area contributed by atoms with Gasteiger partial charge in [-0.1, -0.05) is 259 Å². The Bertz CT molecular complexity index is 918. The van der Waals surface area contributed by atoms with E-state index in [1.54, 1.807) is 0 Å². The largest absolute Gasteiger partial charge is 0.462 e. The molecule has 0 aliphatic rings. The molecule has 6 nitrogen and oxygen atoms in total. The lowest BCUT2D eigenvalue weighted by molar-refractivity contribution is -0.167. The third-order valence-electron chi connectivity index (χ3n) is 12.6. The molecule has 0 amide bonds. The van der Waals surface area contributed by atoms with Crippen molar-refractivity contribution in [1.29, 1.82) is 0 Å². The Morgan fingerprint density at radius 3 is 0.950 bits per heavy atom. The van der Waals surface area contributed by atoms with Crippen LogP contribution in [0.25, 0.3) is 0 Å². The van der Waals surface area contributed by atoms with E-state index in [1.807, 2.05) is 0 Å². The van der Waals surface area contributed by atoms with Crippen molar-refractivity contribution in [2.24, 2.45) is 11.8 Å². The molecule has 60 heavy (non-hydrogen) atoms. The van der Waals surface area contributed by atoms with E-state index in [9.17, 15) is 14.4 Å². The molecule has 0 radical (unpaired) electrons. The fourth-order valence-electron chi connectivity index (χ4n) is 8.13. The molecular formula is C54H104O6. The molecule has 0 spiro atoms. The number of unbranched alkanes of at least 4 members (excludes halogenated alkanes) is 32. The van der Waals surface area contributed by atoms with Crippen LogP contribution in [0.4, 0.5) is 0 Å². The summed E-state index contributed by atoms with van der Waals surface area (Å²) < 4.78 is 16.8. The van der Waals surface area contributed by atoms with E-state index in [4.69, 9.17) is 14.2 Å². The fourth-order valence-corrected chi connectivity index (χ4v) is 8.13. The van der Waals surface area contributed by atoms with Crippen LogP contribution in [0.5, 0.6) is 0 Å². The van der Waals surface area contributed by atoms with Gasteiger partial charge in [0.05, 0.1) is 0 Å². The molecular weight excluding hydrogens is 745 g/mol. The van der Waals surface area contributed by atoms with Crippen molar-refractivity contribution < 1.29 is 28.6 Å². The van der Waals surface area contributed by atoms with Gasteiger partial charge < -0.3 is 14.2 Å². The van der Waals surface area contributed by atoms with Gasteiger partial charge in [0.25, 0.3) is 0 Å². The van der Waals surface area contributed by atoms with Crippen molar-refractivity contribution in [1.82, 2.24) is 0 Å². The van der Waals surface area contributed by atoms with Gasteiger partial charge in [-0.15, -0.1) is 0 Å². The van der Waals surface area contributed by atoms with E-state index in [1.165, 1.54) is 186 Å². The minimum Gasteiger partial charge on any atom is -0.462 e. The highest BCUT2D eigenvalue weighted by atomic mass is 16.6. The average Bonchev–Trinajstić information content (AvgIpc) is 3.23. The molecule has 0 aromatic carbocycles. The summed E-state index contributed by atoms with van der Waals surface area (Å²) in [6.45, 7) is 11.4. The number of ether oxygens (including phenoxy) is 3. The minimum absolute atomic E-state index is 0.0635. The quantitative estimate of drug-likeness (QED) is 0.0345. The first-order chi connectivity index (χ1) is 29.3. The maximum atomic E-state index is 12.8. The highest BCUT2D eigenvalue weighted by molar-refractivity contribution is 5.71. The minimum atomic E-state index is -0.761. The average molecular weight is 849 g/mol. The summed E-state index contributed by atoms with van der Waals surface area (Å²) >= 11 is 0. The normalized spacial score (nSPS) is 12.5. The van der Waals surface area contributed by atoms with Crippen LogP contribution in [0.2, 0.25) is 0 Å². The Morgan fingerprint density at radius 2 is 0.633 bits per heavy atom. The number of hydrogen-bond acceptors (Lipinski definition) is 6. The first-order valence-corrected chi connectivity index (χ1v) is 26.8. The number of hydrogen-bond donors (Lipinski definition) is 0. The highest BCUT2D eigenvalue weighted by Gasteiger charge is 2.19. The van der Waals surface area contributed by atoms with Crippen LogP contribution in [-0.2, 0) is 28.6 Å². The van der Waals surface area contributed by atoms with Crippen LogP contribution in [0, 0.1) is 11.8 Å². The molecule has 6 heteroatoms. The lowest BCUT2D eigenvalue weighted by Crippen LogP contribution is -2.30. The van der Waals surface area contributed by atoms with Crippen LogP contribution < -0.4 is 0 Å². The Kier molecular flexibility index (Phi) is 45.7. The molecule has 356 valence electrons. The van der Waals surface area contributed by atoms with Gasteiger partial charge in [0.2, 0.25) is 0 Å². The van der Waals surface area contributed by atoms with E-state index in [-0.39, 0.29) is 31.1 Å². The number of carbonyl (C=O) groups excluding carboxylic acids is 3. The molecule has 0 aromatic rings. The first-order valence-electron chi connectivity index (χ1n) is 26.8. The maximum absolute atomic E-state index is 12.8. The van der Waals surface area contributed by atoms with Crippen LogP contribution in [0.15, 0.2) is 0 Å². The molecule has 0 heterocycles. The first kappa shape index (κ1) is 58.4. The van der Waals surface area contributed by atoms with Gasteiger partial charge in [-0.2, -0.15) is 0 Å². The Morgan fingerprint density at radius 1 is 0.350 bits per heavy atom. The SMILES string of the molecule is CCCCCCCCCCCC(=O)OC[C@@H](COC(=O)CCCCCCCCCCCCCCC(C)C)OC(=O)CCCCCCCCCCCCCCCCC(C)CC.